The third kappa shape index (κ3) is 4.84. The summed E-state index contributed by atoms with van der Waals surface area (Å²) >= 11 is 0. The van der Waals surface area contributed by atoms with Crippen LogP contribution >= 0.6 is 0 Å². The summed E-state index contributed by atoms with van der Waals surface area (Å²) in [6.45, 7) is 0.697. The van der Waals surface area contributed by atoms with Crippen LogP contribution in [0.5, 0.6) is 0 Å². The molecule has 6 nitrogen and oxygen atoms in total. The molecule has 3 aromatic rings. The molecule has 140 valence electrons. The lowest BCUT2D eigenvalue weighted by Crippen LogP contribution is -2.31. The summed E-state index contributed by atoms with van der Waals surface area (Å²) in [5.74, 6) is 0.663. The summed E-state index contributed by atoms with van der Waals surface area (Å²) in [5.41, 5.74) is -0.0474. The molecule has 2 amide bonds. The summed E-state index contributed by atoms with van der Waals surface area (Å²) < 4.78 is 39.9. The summed E-state index contributed by atoms with van der Waals surface area (Å²) in [5, 5.41) is 5.00. The highest BCUT2D eigenvalue weighted by molar-refractivity contribution is 5.89. The van der Waals surface area contributed by atoms with Crippen molar-refractivity contribution < 1.29 is 18.0 Å². The van der Waals surface area contributed by atoms with Crippen LogP contribution in [0.1, 0.15) is 5.56 Å². The van der Waals surface area contributed by atoms with Crippen molar-refractivity contribution in [2.24, 2.45) is 0 Å². The fourth-order valence-electron chi connectivity index (χ4n) is 2.46. The van der Waals surface area contributed by atoms with Crippen LogP contribution in [0.4, 0.5) is 23.7 Å². The molecule has 27 heavy (non-hydrogen) atoms. The van der Waals surface area contributed by atoms with E-state index in [1.54, 1.807) is 24.7 Å². The summed E-state index contributed by atoms with van der Waals surface area (Å²) in [6.07, 6.45) is 0.593. The molecule has 1 aromatic carbocycles. The van der Waals surface area contributed by atoms with Gasteiger partial charge in [-0.2, -0.15) is 13.2 Å². The maximum Gasteiger partial charge on any atom is 0.416 e. The Bertz CT molecular complexity index is 909. The molecule has 0 saturated heterocycles. The van der Waals surface area contributed by atoms with Crippen molar-refractivity contribution >= 4 is 11.7 Å². The van der Waals surface area contributed by atoms with Crippen LogP contribution < -0.4 is 10.6 Å². The minimum absolute atomic E-state index is 0.0686. The number of rotatable bonds is 5. The number of nitrogens with one attached hydrogen (secondary N) is 2. The van der Waals surface area contributed by atoms with Gasteiger partial charge in [0.25, 0.3) is 0 Å². The smallest absolute Gasteiger partial charge is 0.336 e. The van der Waals surface area contributed by atoms with E-state index in [4.69, 9.17) is 0 Å². The molecule has 0 fully saturated rings. The van der Waals surface area contributed by atoms with E-state index in [0.29, 0.717) is 18.1 Å². The second kappa shape index (κ2) is 7.90. The van der Waals surface area contributed by atoms with Crippen LogP contribution in [0.3, 0.4) is 0 Å². The van der Waals surface area contributed by atoms with Crippen molar-refractivity contribution in [2.45, 2.75) is 12.7 Å². The van der Waals surface area contributed by atoms with Gasteiger partial charge in [0.15, 0.2) is 5.82 Å². The van der Waals surface area contributed by atoms with Gasteiger partial charge in [-0.1, -0.05) is 12.1 Å². The third-order valence-corrected chi connectivity index (χ3v) is 3.70. The molecule has 0 spiro atoms. The molecular formula is C18H16F3N5O. The third-order valence-electron chi connectivity index (χ3n) is 3.70. The maximum absolute atomic E-state index is 12.7. The van der Waals surface area contributed by atoms with E-state index in [0.717, 1.165) is 12.1 Å². The van der Waals surface area contributed by atoms with Crippen molar-refractivity contribution in [3.63, 3.8) is 0 Å². The number of carbonyl (C=O) groups is 1. The van der Waals surface area contributed by atoms with Gasteiger partial charge in [-0.15, -0.1) is 0 Å². The van der Waals surface area contributed by atoms with E-state index in [2.05, 4.69) is 20.6 Å². The molecule has 2 heterocycles. The number of nitrogens with zero attached hydrogens (tertiary/aromatic N) is 3. The number of halogens is 3. The van der Waals surface area contributed by atoms with Crippen LogP contribution in [0, 0.1) is 0 Å². The zero-order valence-corrected chi connectivity index (χ0v) is 14.1. The monoisotopic (exact) mass is 375 g/mol. The minimum atomic E-state index is -4.46. The van der Waals surface area contributed by atoms with Gasteiger partial charge in [-0.05, 0) is 30.3 Å². The molecule has 0 radical (unpaired) electrons. The molecule has 3 rings (SSSR count). The SMILES string of the molecule is O=C(NCCn1ccnc1-c1ccccn1)Nc1cccc(C(F)(F)F)c1. The summed E-state index contributed by atoms with van der Waals surface area (Å²) in [4.78, 5) is 20.4. The van der Waals surface area contributed by atoms with Gasteiger partial charge in [-0.3, -0.25) is 4.98 Å². The molecule has 0 aliphatic carbocycles. The second-order valence-electron chi connectivity index (χ2n) is 5.62. The van der Waals surface area contributed by atoms with Crippen molar-refractivity contribution in [2.75, 3.05) is 11.9 Å². The van der Waals surface area contributed by atoms with E-state index in [1.165, 1.54) is 12.1 Å². The average molecular weight is 375 g/mol. The highest BCUT2D eigenvalue weighted by Gasteiger charge is 2.30. The Morgan fingerprint density at radius 3 is 2.67 bits per heavy atom. The van der Waals surface area contributed by atoms with Crippen molar-refractivity contribution in [3.8, 4) is 11.5 Å². The standard InChI is InChI=1S/C18H16F3N5O/c19-18(20,21)13-4-3-5-14(12-13)25-17(27)24-9-11-26-10-8-23-16(26)15-6-1-2-7-22-15/h1-8,10,12H,9,11H2,(H2,24,25,27). The average Bonchev–Trinajstić information content (AvgIpc) is 3.10. The van der Waals surface area contributed by atoms with Gasteiger partial charge in [0.2, 0.25) is 0 Å². The Morgan fingerprint density at radius 1 is 1.07 bits per heavy atom. The molecular weight excluding hydrogens is 359 g/mol. The molecule has 0 aliphatic rings. The largest absolute Gasteiger partial charge is 0.416 e. The minimum Gasteiger partial charge on any atom is -0.336 e. The number of hydrogen-bond donors (Lipinski definition) is 2. The highest BCUT2D eigenvalue weighted by Crippen LogP contribution is 2.30. The Morgan fingerprint density at radius 2 is 1.93 bits per heavy atom. The van der Waals surface area contributed by atoms with Crippen molar-refractivity contribution in [1.29, 1.82) is 0 Å². The predicted octanol–water partition coefficient (Wildman–Crippen LogP) is 3.79. The number of alkyl halides is 3. The highest BCUT2D eigenvalue weighted by atomic mass is 19.4. The molecule has 2 N–H and O–H groups in total. The number of aromatic nitrogens is 3. The number of urea groups is 1. The normalized spacial score (nSPS) is 11.2. The first-order valence-corrected chi connectivity index (χ1v) is 8.08. The molecule has 0 bridgehead atoms. The number of benzene rings is 1. The Hall–Kier alpha value is -3.36. The van der Waals surface area contributed by atoms with Crippen LogP contribution in [0.15, 0.2) is 61.1 Å². The van der Waals surface area contributed by atoms with Crippen LogP contribution in [0.2, 0.25) is 0 Å². The Labute approximate surface area is 153 Å². The lowest BCUT2D eigenvalue weighted by Gasteiger charge is -2.11. The quantitative estimate of drug-likeness (QED) is 0.713. The van der Waals surface area contributed by atoms with E-state index in [-0.39, 0.29) is 12.2 Å². The zero-order chi connectivity index (χ0) is 19.3. The number of hydrogen-bond acceptors (Lipinski definition) is 3. The number of amides is 2. The van der Waals surface area contributed by atoms with Gasteiger partial charge < -0.3 is 15.2 Å². The molecule has 9 heteroatoms. The fraction of sp³-hybridized carbons (Fsp3) is 0.167. The first kappa shape index (κ1) is 18.4. The van der Waals surface area contributed by atoms with Crippen LogP contribution in [0.25, 0.3) is 11.5 Å². The first-order valence-electron chi connectivity index (χ1n) is 8.08. The maximum atomic E-state index is 12.7. The van der Waals surface area contributed by atoms with Gasteiger partial charge >= 0.3 is 12.2 Å². The summed E-state index contributed by atoms with van der Waals surface area (Å²) in [7, 11) is 0. The van der Waals surface area contributed by atoms with Crippen molar-refractivity contribution in [1.82, 2.24) is 19.9 Å². The van der Waals surface area contributed by atoms with Gasteiger partial charge in [0.1, 0.15) is 5.69 Å². The van der Waals surface area contributed by atoms with E-state index >= 15 is 0 Å². The van der Waals surface area contributed by atoms with Crippen LogP contribution in [-0.2, 0) is 12.7 Å². The van der Waals surface area contributed by atoms with Gasteiger partial charge in [0, 0.05) is 37.4 Å². The number of anilines is 1. The van der Waals surface area contributed by atoms with E-state index in [9.17, 15) is 18.0 Å². The predicted molar refractivity (Wildman–Crippen MR) is 93.9 cm³/mol. The Kier molecular flexibility index (Phi) is 5.39. The van der Waals surface area contributed by atoms with Gasteiger partial charge in [-0.25, -0.2) is 9.78 Å². The fourth-order valence-corrected chi connectivity index (χ4v) is 2.46. The Balaban J connectivity index is 1.55. The number of pyridine rings is 1. The van der Waals surface area contributed by atoms with E-state index in [1.807, 2.05) is 16.7 Å². The lowest BCUT2D eigenvalue weighted by molar-refractivity contribution is -0.137. The lowest BCUT2D eigenvalue weighted by atomic mass is 10.2. The van der Waals surface area contributed by atoms with Crippen LogP contribution in [-0.4, -0.2) is 27.1 Å². The number of carbonyl (C=O) groups excluding carboxylic acids is 1. The summed E-state index contributed by atoms with van der Waals surface area (Å²) in [6, 6.07) is 9.35. The molecule has 0 aliphatic heterocycles. The van der Waals surface area contributed by atoms with Gasteiger partial charge in [0.05, 0.1) is 5.56 Å². The molecule has 2 aromatic heterocycles. The molecule has 0 atom stereocenters. The molecule has 0 saturated carbocycles. The second-order valence-corrected chi connectivity index (χ2v) is 5.62. The zero-order valence-electron chi connectivity index (χ0n) is 14.1. The number of imidazole rings is 1. The van der Waals surface area contributed by atoms with Crippen molar-refractivity contribution in [3.05, 3.63) is 66.6 Å². The van der Waals surface area contributed by atoms with E-state index < -0.39 is 17.8 Å². The molecule has 0 unspecified atom stereocenters. The first-order chi connectivity index (χ1) is 12.9. The topological polar surface area (TPSA) is 71.8 Å².